The van der Waals surface area contributed by atoms with Crippen LogP contribution in [-0.2, 0) is 0 Å². The van der Waals surface area contributed by atoms with Crippen molar-refractivity contribution in [2.45, 2.75) is 6.10 Å². The zero-order chi connectivity index (χ0) is 16.3. The third kappa shape index (κ3) is 3.46. The number of halogens is 2. The number of thiophene rings is 1. The second-order valence-corrected chi connectivity index (χ2v) is 5.34. The minimum absolute atomic E-state index is 0.191. The van der Waals surface area contributed by atoms with Gasteiger partial charge in [0.25, 0.3) is 5.91 Å². The molecule has 2 rings (SSSR count). The van der Waals surface area contributed by atoms with E-state index in [-0.39, 0.29) is 17.0 Å². The first-order valence-electron chi connectivity index (χ1n) is 6.18. The van der Waals surface area contributed by atoms with Gasteiger partial charge in [-0.05, 0) is 18.2 Å². The van der Waals surface area contributed by atoms with Gasteiger partial charge in [0.2, 0.25) is 5.91 Å². The van der Waals surface area contributed by atoms with Crippen LogP contribution in [0.5, 0.6) is 0 Å². The van der Waals surface area contributed by atoms with Crippen molar-refractivity contribution in [2.75, 3.05) is 6.54 Å². The first-order valence-corrected chi connectivity index (χ1v) is 7.06. The monoisotopic (exact) mass is 326 g/mol. The summed E-state index contributed by atoms with van der Waals surface area (Å²) in [6, 6.07) is 4.51. The number of aliphatic hydroxyl groups excluding tert-OH is 1. The topological polar surface area (TPSA) is 92.4 Å². The fourth-order valence-electron chi connectivity index (χ4n) is 1.79. The smallest absolute Gasteiger partial charge is 0.261 e. The molecule has 1 heterocycles. The molecule has 1 aromatic carbocycles. The Hall–Kier alpha value is -2.32. The minimum Gasteiger partial charge on any atom is -0.386 e. The number of amides is 2. The van der Waals surface area contributed by atoms with Gasteiger partial charge in [-0.25, -0.2) is 8.78 Å². The molecule has 1 aromatic heterocycles. The van der Waals surface area contributed by atoms with Gasteiger partial charge in [0.15, 0.2) is 0 Å². The molecule has 22 heavy (non-hydrogen) atoms. The van der Waals surface area contributed by atoms with E-state index < -0.39 is 35.1 Å². The van der Waals surface area contributed by atoms with Crippen LogP contribution in [0.3, 0.4) is 0 Å². The first kappa shape index (κ1) is 16.1. The number of carbonyl (C=O) groups is 2. The summed E-state index contributed by atoms with van der Waals surface area (Å²) in [5, 5.41) is 13.6. The minimum atomic E-state index is -1.53. The Morgan fingerprint density at radius 1 is 1.32 bits per heavy atom. The molecular weight excluding hydrogens is 314 g/mol. The molecule has 8 heteroatoms. The molecule has 2 aromatic rings. The van der Waals surface area contributed by atoms with Crippen LogP contribution in [0.25, 0.3) is 0 Å². The first-order chi connectivity index (χ1) is 10.4. The summed E-state index contributed by atoms with van der Waals surface area (Å²) in [5.41, 5.74) is 4.75. The molecule has 0 bridgehead atoms. The van der Waals surface area contributed by atoms with Crippen molar-refractivity contribution in [3.63, 3.8) is 0 Å². The Kier molecular flexibility index (Phi) is 4.84. The highest BCUT2D eigenvalue weighted by Crippen LogP contribution is 2.20. The van der Waals surface area contributed by atoms with Crippen molar-refractivity contribution < 1.29 is 23.5 Å². The van der Waals surface area contributed by atoms with Crippen LogP contribution in [-0.4, -0.2) is 23.5 Å². The Balaban J connectivity index is 2.02. The summed E-state index contributed by atoms with van der Waals surface area (Å²) in [4.78, 5) is 23.0. The maximum Gasteiger partial charge on any atom is 0.261 e. The largest absolute Gasteiger partial charge is 0.386 e. The SMILES string of the molecule is NC(=O)c1csc(C(=O)NCC(O)c2c(F)cccc2F)c1. The summed E-state index contributed by atoms with van der Waals surface area (Å²) in [6.45, 7) is -0.375. The molecule has 0 saturated heterocycles. The molecule has 0 fully saturated rings. The standard InChI is InChI=1S/C14H12F2N2O3S/c15-8-2-1-3-9(16)12(8)10(19)5-18-14(21)11-4-7(6-22-11)13(17)20/h1-4,6,10,19H,5H2,(H2,17,20)(H,18,21). The summed E-state index contributed by atoms with van der Waals surface area (Å²) in [6.07, 6.45) is -1.53. The molecule has 116 valence electrons. The van der Waals surface area contributed by atoms with E-state index in [1.165, 1.54) is 17.5 Å². The zero-order valence-corrected chi connectivity index (χ0v) is 12.0. The number of hydrogen-bond donors (Lipinski definition) is 3. The quantitative estimate of drug-likeness (QED) is 0.779. The molecule has 4 N–H and O–H groups in total. The van der Waals surface area contributed by atoms with E-state index in [0.717, 1.165) is 23.5 Å². The van der Waals surface area contributed by atoms with Gasteiger partial charge in [0, 0.05) is 11.9 Å². The predicted octanol–water partition coefficient (Wildman–Crippen LogP) is 1.59. The highest BCUT2D eigenvalue weighted by molar-refractivity contribution is 7.12. The number of nitrogens with two attached hydrogens (primary N) is 1. The van der Waals surface area contributed by atoms with Crippen LogP contribution in [0.1, 0.15) is 31.7 Å². The number of benzene rings is 1. The molecule has 0 saturated carbocycles. The van der Waals surface area contributed by atoms with Gasteiger partial charge in [0.05, 0.1) is 16.0 Å². The zero-order valence-electron chi connectivity index (χ0n) is 11.2. The molecule has 2 amide bonds. The number of hydrogen-bond acceptors (Lipinski definition) is 4. The van der Waals surface area contributed by atoms with Crippen LogP contribution >= 0.6 is 11.3 Å². The lowest BCUT2D eigenvalue weighted by molar-refractivity contribution is 0.0915. The molecule has 0 spiro atoms. The fraction of sp³-hybridized carbons (Fsp3) is 0.143. The third-order valence-electron chi connectivity index (χ3n) is 2.90. The predicted molar refractivity (Wildman–Crippen MR) is 76.5 cm³/mol. The normalized spacial score (nSPS) is 12.0. The number of nitrogens with one attached hydrogen (secondary N) is 1. The Morgan fingerprint density at radius 3 is 2.50 bits per heavy atom. The summed E-state index contributed by atoms with van der Waals surface area (Å²) in [5.74, 6) is -3.03. The molecule has 0 radical (unpaired) electrons. The molecule has 0 aliphatic heterocycles. The van der Waals surface area contributed by atoms with Gasteiger partial charge in [-0.3, -0.25) is 9.59 Å². The van der Waals surface area contributed by atoms with Gasteiger partial charge in [-0.15, -0.1) is 11.3 Å². The van der Waals surface area contributed by atoms with E-state index in [0.29, 0.717) is 0 Å². The molecular formula is C14H12F2N2O3S. The van der Waals surface area contributed by atoms with Gasteiger partial charge in [0.1, 0.15) is 17.7 Å². The average Bonchev–Trinajstić information content (AvgIpc) is 2.94. The Labute approximate surface area is 128 Å². The van der Waals surface area contributed by atoms with Crippen molar-refractivity contribution in [1.82, 2.24) is 5.32 Å². The van der Waals surface area contributed by atoms with E-state index in [4.69, 9.17) is 5.73 Å². The molecule has 0 aliphatic carbocycles. The summed E-state index contributed by atoms with van der Waals surface area (Å²) >= 11 is 0.997. The lowest BCUT2D eigenvalue weighted by Gasteiger charge is -2.13. The number of carbonyl (C=O) groups excluding carboxylic acids is 2. The average molecular weight is 326 g/mol. The van der Waals surface area contributed by atoms with Crippen molar-refractivity contribution in [3.8, 4) is 0 Å². The van der Waals surface area contributed by atoms with Gasteiger partial charge >= 0.3 is 0 Å². The highest BCUT2D eigenvalue weighted by Gasteiger charge is 2.19. The number of primary amides is 1. The third-order valence-corrected chi connectivity index (χ3v) is 3.83. The van der Waals surface area contributed by atoms with Gasteiger partial charge in [-0.1, -0.05) is 6.07 Å². The summed E-state index contributed by atoms with van der Waals surface area (Å²) < 4.78 is 27.0. The van der Waals surface area contributed by atoms with Crippen molar-refractivity contribution in [1.29, 1.82) is 0 Å². The van der Waals surface area contributed by atoms with Crippen molar-refractivity contribution >= 4 is 23.2 Å². The molecule has 0 aliphatic rings. The van der Waals surface area contributed by atoms with Gasteiger partial charge < -0.3 is 16.2 Å². The van der Waals surface area contributed by atoms with E-state index in [1.54, 1.807) is 0 Å². The van der Waals surface area contributed by atoms with Crippen molar-refractivity contribution in [2.24, 2.45) is 5.73 Å². The Morgan fingerprint density at radius 2 is 1.95 bits per heavy atom. The van der Waals surface area contributed by atoms with E-state index in [1.807, 2.05) is 0 Å². The fourth-order valence-corrected chi connectivity index (χ4v) is 2.60. The van der Waals surface area contributed by atoms with E-state index in [9.17, 15) is 23.5 Å². The molecule has 1 atom stereocenters. The molecule has 1 unspecified atom stereocenters. The second-order valence-electron chi connectivity index (χ2n) is 4.43. The van der Waals surface area contributed by atoms with Crippen LogP contribution in [0.2, 0.25) is 0 Å². The highest BCUT2D eigenvalue weighted by atomic mass is 32.1. The molecule has 5 nitrogen and oxygen atoms in total. The van der Waals surface area contributed by atoms with Gasteiger partial charge in [-0.2, -0.15) is 0 Å². The lowest BCUT2D eigenvalue weighted by atomic mass is 10.1. The number of rotatable bonds is 5. The van der Waals surface area contributed by atoms with E-state index >= 15 is 0 Å². The van der Waals surface area contributed by atoms with E-state index in [2.05, 4.69) is 5.32 Å². The Bertz CT molecular complexity index is 698. The van der Waals surface area contributed by atoms with Crippen LogP contribution in [0.4, 0.5) is 8.78 Å². The number of aliphatic hydroxyl groups is 1. The van der Waals surface area contributed by atoms with Crippen LogP contribution < -0.4 is 11.1 Å². The maximum atomic E-state index is 13.5. The van der Waals surface area contributed by atoms with Crippen LogP contribution in [0, 0.1) is 11.6 Å². The van der Waals surface area contributed by atoms with Crippen molar-refractivity contribution in [3.05, 3.63) is 57.3 Å². The maximum absolute atomic E-state index is 13.5. The van der Waals surface area contributed by atoms with Crippen LogP contribution in [0.15, 0.2) is 29.6 Å². The lowest BCUT2D eigenvalue weighted by Crippen LogP contribution is -2.28. The second kappa shape index (κ2) is 6.63. The summed E-state index contributed by atoms with van der Waals surface area (Å²) in [7, 11) is 0.